The van der Waals surface area contributed by atoms with Gasteiger partial charge in [-0.15, -0.1) is 0 Å². The molecule has 0 aliphatic heterocycles. The van der Waals surface area contributed by atoms with E-state index in [1.807, 2.05) is 10.6 Å². The third-order valence-corrected chi connectivity index (χ3v) is 3.37. The smallest absolute Gasteiger partial charge is 0.170 e. The predicted octanol–water partition coefficient (Wildman–Crippen LogP) is 2.60. The first-order valence-corrected chi connectivity index (χ1v) is 6.06. The number of aromatic nitrogens is 3. The lowest BCUT2D eigenvalue weighted by atomic mass is 10.4. The quantitative estimate of drug-likeness (QED) is 0.769. The van der Waals surface area contributed by atoms with Crippen LogP contribution in [0.15, 0.2) is 52.8 Å². The van der Waals surface area contributed by atoms with E-state index in [9.17, 15) is 4.39 Å². The van der Waals surface area contributed by atoms with Gasteiger partial charge in [0.1, 0.15) is 16.7 Å². The van der Waals surface area contributed by atoms with Crippen LogP contribution in [0.2, 0.25) is 0 Å². The van der Waals surface area contributed by atoms with E-state index in [4.69, 9.17) is 5.73 Å². The van der Waals surface area contributed by atoms with Gasteiger partial charge in [0.15, 0.2) is 5.65 Å². The topological polar surface area (TPSA) is 56.2 Å². The average molecular weight is 260 g/mol. The second-order valence-electron chi connectivity index (χ2n) is 3.69. The third kappa shape index (κ3) is 2.02. The zero-order chi connectivity index (χ0) is 12.5. The molecule has 0 bridgehead atoms. The molecule has 0 fully saturated rings. The van der Waals surface area contributed by atoms with Crippen LogP contribution in [-0.2, 0) is 0 Å². The van der Waals surface area contributed by atoms with Crippen molar-refractivity contribution in [2.75, 3.05) is 5.73 Å². The van der Waals surface area contributed by atoms with E-state index in [1.54, 1.807) is 24.5 Å². The van der Waals surface area contributed by atoms with Crippen molar-refractivity contribution in [3.63, 3.8) is 0 Å². The Hall–Kier alpha value is -2.08. The maximum atomic E-state index is 12.8. The van der Waals surface area contributed by atoms with Crippen LogP contribution in [0.25, 0.3) is 5.65 Å². The highest BCUT2D eigenvalue weighted by Crippen LogP contribution is 2.29. The minimum atomic E-state index is -0.258. The van der Waals surface area contributed by atoms with E-state index < -0.39 is 0 Å². The van der Waals surface area contributed by atoms with Gasteiger partial charge >= 0.3 is 0 Å². The molecule has 2 aromatic heterocycles. The molecule has 0 saturated carbocycles. The van der Waals surface area contributed by atoms with Crippen LogP contribution < -0.4 is 5.73 Å². The van der Waals surface area contributed by atoms with E-state index >= 15 is 0 Å². The van der Waals surface area contributed by atoms with E-state index in [-0.39, 0.29) is 5.82 Å². The highest BCUT2D eigenvalue weighted by atomic mass is 32.2. The maximum Gasteiger partial charge on any atom is 0.170 e. The second-order valence-corrected chi connectivity index (χ2v) is 4.75. The van der Waals surface area contributed by atoms with E-state index in [0.717, 1.165) is 10.5 Å². The Balaban J connectivity index is 2.03. The van der Waals surface area contributed by atoms with Crippen molar-refractivity contribution in [1.82, 2.24) is 14.4 Å². The molecule has 3 aromatic rings. The van der Waals surface area contributed by atoms with Gasteiger partial charge in [-0.2, -0.15) is 0 Å². The van der Waals surface area contributed by atoms with E-state index in [1.165, 1.54) is 23.9 Å². The van der Waals surface area contributed by atoms with E-state index in [0.29, 0.717) is 10.8 Å². The molecule has 4 nitrogen and oxygen atoms in total. The largest absolute Gasteiger partial charge is 0.382 e. The molecule has 2 heterocycles. The number of rotatable bonds is 2. The minimum Gasteiger partial charge on any atom is -0.382 e. The van der Waals surface area contributed by atoms with Crippen molar-refractivity contribution in [2.24, 2.45) is 0 Å². The van der Waals surface area contributed by atoms with Crippen molar-refractivity contribution < 1.29 is 4.39 Å². The van der Waals surface area contributed by atoms with Gasteiger partial charge in [0.25, 0.3) is 0 Å². The highest BCUT2D eigenvalue weighted by molar-refractivity contribution is 7.99. The fraction of sp³-hybridized carbons (Fsp3) is 0. The van der Waals surface area contributed by atoms with Gasteiger partial charge in [-0.3, -0.25) is 0 Å². The Morgan fingerprint density at radius 1 is 1.22 bits per heavy atom. The fourth-order valence-corrected chi connectivity index (χ4v) is 2.50. The summed E-state index contributed by atoms with van der Waals surface area (Å²) in [5.74, 6) is 0.163. The van der Waals surface area contributed by atoms with Crippen molar-refractivity contribution in [3.05, 3.63) is 48.7 Å². The molecule has 0 radical (unpaired) electrons. The monoisotopic (exact) mass is 260 g/mol. The SMILES string of the molecule is Nc1cn2ccnc2c(Sc2ccc(F)cc2)n1. The first-order chi connectivity index (χ1) is 8.72. The lowest BCUT2D eigenvalue weighted by Gasteiger charge is -2.04. The number of imidazole rings is 1. The number of nitrogens with zero attached hydrogens (tertiary/aromatic N) is 3. The summed E-state index contributed by atoms with van der Waals surface area (Å²) in [7, 11) is 0. The number of hydrogen-bond donors (Lipinski definition) is 1. The molecule has 6 heteroatoms. The summed E-state index contributed by atoms with van der Waals surface area (Å²) in [5.41, 5.74) is 6.46. The number of hydrogen-bond acceptors (Lipinski definition) is 4. The molecule has 0 atom stereocenters. The average Bonchev–Trinajstić information content (AvgIpc) is 2.80. The van der Waals surface area contributed by atoms with Crippen LogP contribution in [0.4, 0.5) is 10.2 Å². The van der Waals surface area contributed by atoms with Gasteiger partial charge in [-0.05, 0) is 24.3 Å². The summed E-state index contributed by atoms with van der Waals surface area (Å²) in [5, 5.41) is 0.701. The predicted molar refractivity (Wildman–Crippen MR) is 67.9 cm³/mol. The molecule has 3 rings (SSSR count). The molecule has 0 aliphatic carbocycles. The number of fused-ring (bicyclic) bond motifs is 1. The normalized spacial score (nSPS) is 10.9. The second kappa shape index (κ2) is 4.30. The van der Waals surface area contributed by atoms with Crippen molar-refractivity contribution in [1.29, 1.82) is 0 Å². The zero-order valence-corrected chi connectivity index (χ0v) is 10.1. The number of benzene rings is 1. The number of anilines is 1. The summed E-state index contributed by atoms with van der Waals surface area (Å²) in [6.07, 6.45) is 5.20. The van der Waals surface area contributed by atoms with Crippen LogP contribution in [0.5, 0.6) is 0 Å². The highest BCUT2D eigenvalue weighted by Gasteiger charge is 2.08. The standard InChI is InChI=1S/C12H9FN4S/c13-8-1-3-9(4-2-8)18-12-11-15-5-6-17(11)7-10(14)16-12/h1-7H,14H2. The number of halogens is 1. The van der Waals surface area contributed by atoms with Crippen LogP contribution in [0.3, 0.4) is 0 Å². The molecule has 90 valence electrons. The van der Waals surface area contributed by atoms with Gasteiger partial charge in [0, 0.05) is 17.3 Å². The van der Waals surface area contributed by atoms with Crippen LogP contribution in [-0.4, -0.2) is 14.4 Å². The van der Waals surface area contributed by atoms with Crippen LogP contribution in [0.1, 0.15) is 0 Å². The summed E-state index contributed by atoms with van der Waals surface area (Å²) in [6, 6.07) is 6.23. The maximum absolute atomic E-state index is 12.8. The Kier molecular flexibility index (Phi) is 2.64. The van der Waals surface area contributed by atoms with E-state index in [2.05, 4.69) is 9.97 Å². The van der Waals surface area contributed by atoms with Gasteiger partial charge in [-0.1, -0.05) is 11.8 Å². The minimum absolute atomic E-state index is 0.258. The Labute approximate surface area is 107 Å². The third-order valence-electron chi connectivity index (χ3n) is 2.39. The summed E-state index contributed by atoms with van der Waals surface area (Å²) < 4.78 is 14.6. The summed E-state index contributed by atoms with van der Waals surface area (Å²) in [4.78, 5) is 9.37. The number of nitrogen functional groups attached to an aromatic ring is 1. The van der Waals surface area contributed by atoms with Crippen LogP contribution >= 0.6 is 11.8 Å². The first kappa shape index (κ1) is 11.0. The molecule has 2 N–H and O–H groups in total. The Morgan fingerprint density at radius 2 is 2.00 bits per heavy atom. The van der Waals surface area contributed by atoms with Crippen molar-refractivity contribution in [3.8, 4) is 0 Å². The lowest BCUT2D eigenvalue weighted by molar-refractivity contribution is 0.626. The van der Waals surface area contributed by atoms with Gasteiger partial charge in [0.2, 0.25) is 0 Å². The molecular weight excluding hydrogens is 251 g/mol. The van der Waals surface area contributed by atoms with Gasteiger partial charge in [-0.25, -0.2) is 14.4 Å². The van der Waals surface area contributed by atoms with Crippen molar-refractivity contribution in [2.45, 2.75) is 9.92 Å². The number of nitrogens with two attached hydrogens (primary N) is 1. The molecule has 18 heavy (non-hydrogen) atoms. The summed E-state index contributed by atoms with van der Waals surface area (Å²) >= 11 is 1.40. The Bertz CT molecular complexity index is 693. The van der Waals surface area contributed by atoms with Crippen LogP contribution in [0, 0.1) is 5.82 Å². The van der Waals surface area contributed by atoms with Crippen molar-refractivity contribution >= 4 is 23.2 Å². The Morgan fingerprint density at radius 3 is 2.78 bits per heavy atom. The lowest BCUT2D eigenvalue weighted by Crippen LogP contribution is -1.97. The zero-order valence-electron chi connectivity index (χ0n) is 9.25. The molecule has 0 aliphatic rings. The van der Waals surface area contributed by atoms with Gasteiger partial charge in [0.05, 0.1) is 6.20 Å². The molecule has 0 unspecified atom stereocenters. The molecular formula is C12H9FN4S. The molecule has 0 spiro atoms. The molecule has 0 amide bonds. The first-order valence-electron chi connectivity index (χ1n) is 5.25. The molecule has 1 aromatic carbocycles. The molecule has 0 saturated heterocycles. The fourth-order valence-electron chi connectivity index (χ4n) is 1.60. The van der Waals surface area contributed by atoms with Gasteiger partial charge < -0.3 is 10.1 Å². The summed E-state index contributed by atoms with van der Waals surface area (Å²) in [6.45, 7) is 0.